The Hall–Kier alpha value is -2.82. The molecule has 0 aromatic heterocycles. The number of ether oxygens (including phenoxy) is 1. The highest BCUT2D eigenvalue weighted by Crippen LogP contribution is 2.22. The van der Waals surface area contributed by atoms with E-state index in [0.717, 1.165) is 23.3 Å². The summed E-state index contributed by atoms with van der Waals surface area (Å²) in [6.07, 6.45) is 1.08. The Bertz CT molecular complexity index is 730. The number of hydrogen-bond acceptors (Lipinski definition) is 3. The Kier molecular flexibility index (Phi) is 7.21. The predicted molar refractivity (Wildman–Crippen MR) is 100 cm³/mol. The van der Waals surface area contributed by atoms with Crippen LogP contribution in [0, 0.1) is 5.92 Å². The largest absolute Gasteiger partial charge is 0.494 e. The lowest BCUT2D eigenvalue weighted by Gasteiger charge is -2.23. The molecule has 2 atom stereocenters. The summed E-state index contributed by atoms with van der Waals surface area (Å²) < 4.78 is 5.59. The first-order valence-corrected chi connectivity index (χ1v) is 8.80. The Labute approximate surface area is 154 Å². The van der Waals surface area contributed by atoms with Crippen LogP contribution < -0.4 is 10.1 Å². The van der Waals surface area contributed by atoms with Gasteiger partial charge in [-0.2, -0.15) is 0 Å². The zero-order valence-corrected chi connectivity index (χ0v) is 15.1. The zero-order chi connectivity index (χ0) is 18.9. The third kappa shape index (κ3) is 5.62. The molecular weight excluding hydrogens is 330 g/mol. The lowest BCUT2D eigenvalue weighted by atomic mass is 9.94. The summed E-state index contributed by atoms with van der Waals surface area (Å²) in [5.74, 6) is -1.18. The van der Waals surface area contributed by atoms with E-state index in [9.17, 15) is 14.7 Å². The highest BCUT2D eigenvalue weighted by atomic mass is 16.5. The minimum absolute atomic E-state index is 0.166. The summed E-state index contributed by atoms with van der Waals surface area (Å²) in [5, 5.41) is 12.2. The van der Waals surface area contributed by atoms with E-state index in [1.165, 1.54) is 0 Å². The quantitative estimate of drug-likeness (QED) is 0.721. The van der Waals surface area contributed by atoms with Gasteiger partial charge in [0.2, 0.25) is 5.91 Å². The van der Waals surface area contributed by atoms with Crippen molar-refractivity contribution in [1.82, 2.24) is 5.32 Å². The molecule has 0 spiro atoms. The molecule has 138 valence electrons. The molecule has 5 heteroatoms. The van der Waals surface area contributed by atoms with E-state index < -0.39 is 17.9 Å². The van der Waals surface area contributed by atoms with Gasteiger partial charge >= 0.3 is 5.97 Å². The van der Waals surface area contributed by atoms with Crippen molar-refractivity contribution in [3.63, 3.8) is 0 Å². The van der Waals surface area contributed by atoms with E-state index in [4.69, 9.17) is 4.74 Å². The molecule has 2 aromatic carbocycles. The number of carboxylic acids is 1. The smallest absolute Gasteiger partial charge is 0.308 e. The molecule has 2 aromatic rings. The number of carboxylic acid groups (broad SMARTS) is 1. The first kappa shape index (κ1) is 19.5. The van der Waals surface area contributed by atoms with Gasteiger partial charge in [-0.15, -0.1) is 0 Å². The lowest BCUT2D eigenvalue weighted by molar-refractivity contribution is -0.142. The number of benzene rings is 2. The maximum Gasteiger partial charge on any atom is 0.308 e. The van der Waals surface area contributed by atoms with E-state index in [2.05, 4.69) is 5.32 Å². The number of nitrogens with one attached hydrogen (secondary N) is 1. The molecule has 0 aliphatic heterocycles. The summed E-state index contributed by atoms with van der Waals surface area (Å²) in [6.45, 7) is 4.26. The van der Waals surface area contributed by atoms with Crippen LogP contribution >= 0.6 is 0 Å². The minimum atomic E-state index is -0.950. The molecule has 0 fully saturated rings. The Morgan fingerprint density at radius 1 is 1.12 bits per heavy atom. The van der Waals surface area contributed by atoms with Gasteiger partial charge in [-0.25, -0.2) is 0 Å². The van der Waals surface area contributed by atoms with E-state index in [-0.39, 0.29) is 12.3 Å². The van der Waals surface area contributed by atoms with Crippen LogP contribution in [-0.2, 0) is 16.0 Å². The molecule has 5 nitrogen and oxygen atoms in total. The second-order valence-corrected chi connectivity index (χ2v) is 6.26. The third-order valence-corrected chi connectivity index (χ3v) is 4.10. The first-order valence-electron chi connectivity index (χ1n) is 8.80. The molecular formula is C21H25NO4. The molecule has 0 aliphatic carbocycles. The summed E-state index contributed by atoms with van der Waals surface area (Å²) in [5.41, 5.74) is 1.60. The van der Waals surface area contributed by atoms with Gasteiger partial charge in [0.05, 0.1) is 25.0 Å². The fraction of sp³-hybridized carbons (Fsp3) is 0.333. The van der Waals surface area contributed by atoms with E-state index in [1.54, 1.807) is 6.92 Å². The van der Waals surface area contributed by atoms with Crippen LogP contribution in [0.2, 0.25) is 0 Å². The lowest BCUT2D eigenvalue weighted by Crippen LogP contribution is -2.36. The zero-order valence-electron chi connectivity index (χ0n) is 15.1. The van der Waals surface area contributed by atoms with Crippen molar-refractivity contribution in [3.05, 3.63) is 65.7 Å². The van der Waals surface area contributed by atoms with Crippen molar-refractivity contribution in [2.75, 3.05) is 6.61 Å². The fourth-order valence-electron chi connectivity index (χ4n) is 2.67. The van der Waals surface area contributed by atoms with Gasteiger partial charge in [0, 0.05) is 0 Å². The Morgan fingerprint density at radius 3 is 2.50 bits per heavy atom. The summed E-state index contributed by atoms with van der Waals surface area (Å²) in [6, 6.07) is 16.0. The van der Waals surface area contributed by atoms with E-state index in [0.29, 0.717) is 6.61 Å². The van der Waals surface area contributed by atoms with Gasteiger partial charge in [0.15, 0.2) is 0 Å². The fourth-order valence-corrected chi connectivity index (χ4v) is 2.67. The Balaban J connectivity index is 2.09. The van der Waals surface area contributed by atoms with Crippen LogP contribution in [0.3, 0.4) is 0 Å². The molecule has 0 radical (unpaired) electrons. The van der Waals surface area contributed by atoms with Crippen molar-refractivity contribution < 1.29 is 19.4 Å². The van der Waals surface area contributed by atoms with E-state index >= 15 is 0 Å². The maximum absolute atomic E-state index is 12.5. The molecule has 0 saturated heterocycles. The molecule has 0 bridgehead atoms. The number of aliphatic carboxylic acids is 1. The van der Waals surface area contributed by atoms with Gasteiger partial charge < -0.3 is 15.2 Å². The number of carbonyl (C=O) groups excluding carboxylic acids is 1. The topological polar surface area (TPSA) is 75.6 Å². The molecule has 1 amide bonds. The minimum Gasteiger partial charge on any atom is -0.494 e. The van der Waals surface area contributed by atoms with Crippen LogP contribution in [0.25, 0.3) is 0 Å². The first-order chi connectivity index (χ1) is 12.5. The molecule has 26 heavy (non-hydrogen) atoms. The number of hydrogen-bond donors (Lipinski definition) is 2. The normalized spacial score (nSPS) is 12.8. The van der Waals surface area contributed by atoms with E-state index in [1.807, 2.05) is 61.5 Å². The van der Waals surface area contributed by atoms with Crippen molar-refractivity contribution in [3.8, 4) is 5.75 Å². The molecule has 2 rings (SSSR count). The average molecular weight is 355 g/mol. The van der Waals surface area contributed by atoms with Crippen LogP contribution in [0.1, 0.15) is 37.4 Å². The monoisotopic (exact) mass is 355 g/mol. The molecule has 0 saturated carbocycles. The highest BCUT2D eigenvalue weighted by molar-refractivity contribution is 5.80. The highest BCUT2D eigenvalue weighted by Gasteiger charge is 2.26. The predicted octanol–water partition coefficient (Wildman–Crippen LogP) is 3.60. The summed E-state index contributed by atoms with van der Waals surface area (Å²) in [4.78, 5) is 23.9. The Morgan fingerprint density at radius 2 is 1.85 bits per heavy atom. The molecule has 2 unspecified atom stereocenters. The second kappa shape index (κ2) is 9.61. The number of rotatable bonds is 9. The summed E-state index contributed by atoms with van der Waals surface area (Å²) in [7, 11) is 0. The van der Waals surface area contributed by atoms with Gasteiger partial charge in [0.1, 0.15) is 5.75 Å². The van der Waals surface area contributed by atoms with Gasteiger partial charge in [-0.1, -0.05) is 49.4 Å². The van der Waals surface area contributed by atoms with Crippen LogP contribution in [0.4, 0.5) is 0 Å². The number of carbonyl (C=O) groups is 2. The molecule has 0 heterocycles. The van der Waals surface area contributed by atoms with Gasteiger partial charge in [-0.3, -0.25) is 9.59 Å². The standard InChI is InChI=1S/C21H25NO4/c1-3-12-26-18-11-7-8-16(13-18)14-19(23)22-20(15(2)21(24)25)17-9-5-4-6-10-17/h4-11,13,15,20H,3,12,14H2,1-2H3,(H,22,23)(H,24,25). The van der Waals surface area contributed by atoms with Gasteiger partial charge in [0.25, 0.3) is 0 Å². The van der Waals surface area contributed by atoms with Gasteiger partial charge in [-0.05, 0) is 36.6 Å². The van der Waals surface area contributed by atoms with Crippen LogP contribution in [0.15, 0.2) is 54.6 Å². The molecule has 2 N–H and O–H groups in total. The third-order valence-electron chi connectivity index (χ3n) is 4.10. The SMILES string of the molecule is CCCOc1cccc(CC(=O)NC(c2ccccc2)C(C)C(=O)O)c1. The summed E-state index contributed by atoms with van der Waals surface area (Å²) >= 11 is 0. The van der Waals surface area contributed by atoms with Crippen molar-refractivity contribution in [2.45, 2.75) is 32.7 Å². The molecule has 0 aliphatic rings. The van der Waals surface area contributed by atoms with Crippen LogP contribution in [0.5, 0.6) is 5.75 Å². The van der Waals surface area contributed by atoms with Crippen molar-refractivity contribution >= 4 is 11.9 Å². The second-order valence-electron chi connectivity index (χ2n) is 6.26. The maximum atomic E-state index is 12.5. The average Bonchev–Trinajstić information content (AvgIpc) is 2.65. The number of amides is 1. The van der Waals surface area contributed by atoms with Crippen molar-refractivity contribution in [1.29, 1.82) is 0 Å². The van der Waals surface area contributed by atoms with Crippen LogP contribution in [-0.4, -0.2) is 23.6 Å². The van der Waals surface area contributed by atoms with Crippen molar-refractivity contribution in [2.24, 2.45) is 5.92 Å².